The van der Waals surface area contributed by atoms with Gasteiger partial charge in [0.05, 0.1) is 10.6 Å². The number of hydrogen-bond donors (Lipinski definition) is 2. The molecule has 82 valence electrons. The smallest absolute Gasteiger partial charge is 0.266 e. The molecule has 1 amide bonds. The predicted molar refractivity (Wildman–Crippen MR) is 65.7 cm³/mol. The molecule has 5 heteroatoms. The Morgan fingerprint density at radius 2 is 2.25 bits per heavy atom. The van der Waals surface area contributed by atoms with Crippen molar-refractivity contribution < 1.29 is 4.79 Å². The number of nitrogens with two attached hydrogens (primary N) is 1. The fraction of sp³-hybridized carbons (Fsp3) is 0.0909. The van der Waals surface area contributed by atoms with E-state index in [1.807, 2.05) is 13.0 Å². The van der Waals surface area contributed by atoms with Crippen molar-refractivity contribution in [2.24, 2.45) is 0 Å². The Hall–Kier alpha value is -1.88. The minimum absolute atomic E-state index is 0.177. The molecule has 2 aromatic heterocycles. The van der Waals surface area contributed by atoms with Gasteiger partial charge in [0.15, 0.2) is 5.82 Å². The molecule has 0 saturated carbocycles. The minimum Gasteiger partial charge on any atom is -0.396 e. The molecule has 0 bridgehead atoms. The van der Waals surface area contributed by atoms with E-state index in [0.717, 1.165) is 4.88 Å². The van der Waals surface area contributed by atoms with Crippen LogP contribution in [0.5, 0.6) is 0 Å². The lowest BCUT2D eigenvalue weighted by Crippen LogP contribution is -2.12. The lowest BCUT2D eigenvalue weighted by atomic mass is 10.3. The highest BCUT2D eigenvalue weighted by Gasteiger charge is 2.10. The van der Waals surface area contributed by atoms with Gasteiger partial charge in [-0.15, -0.1) is 11.3 Å². The number of pyridine rings is 1. The van der Waals surface area contributed by atoms with Gasteiger partial charge in [-0.1, -0.05) is 0 Å². The highest BCUT2D eigenvalue weighted by molar-refractivity contribution is 7.14. The minimum atomic E-state index is -0.177. The van der Waals surface area contributed by atoms with Crippen LogP contribution >= 0.6 is 11.3 Å². The number of thiophene rings is 1. The number of hydrogen-bond acceptors (Lipinski definition) is 4. The summed E-state index contributed by atoms with van der Waals surface area (Å²) in [6.07, 6.45) is 1.59. The number of amides is 1. The Balaban J connectivity index is 2.17. The van der Waals surface area contributed by atoms with Gasteiger partial charge in [0.1, 0.15) is 0 Å². The Morgan fingerprint density at radius 3 is 2.88 bits per heavy atom. The van der Waals surface area contributed by atoms with Crippen LogP contribution in [0.3, 0.4) is 0 Å². The first kappa shape index (κ1) is 10.6. The van der Waals surface area contributed by atoms with Crippen molar-refractivity contribution in [2.45, 2.75) is 6.92 Å². The van der Waals surface area contributed by atoms with Gasteiger partial charge in [-0.2, -0.15) is 0 Å². The molecule has 0 fully saturated rings. The molecule has 0 unspecified atom stereocenters. The van der Waals surface area contributed by atoms with E-state index in [9.17, 15) is 4.79 Å². The Kier molecular flexibility index (Phi) is 2.87. The molecular weight excluding hydrogens is 222 g/mol. The van der Waals surface area contributed by atoms with E-state index < -0.39 is 0 Å². The van der Waals surface area contributed by atoms with Crippen LogP contribution in [0.1, 0.15) is 14.5 Å². The number of anilines is 2. The number of aromatic nitrogens is 1. The van der Waals surface area contributed by atoms with E-state index >= 15 is 0 Å². The van der Waals surface area contributed by atoms with E-state index in [0.29, 0.717) is 16.4 Å². The van der Waals surface area contributed by atoms with Gasteiger partial charge >= 0.3 is 0 Å². The lowest BCUT2D eigenvalue weighted by molar-refractivity contribution is 0.103. The number of rotatable bonds is 2. The topological polar surface area (TPSA) is 68.0 Å². The summed E-state index contributed by atoms with van der Waals surface area (Å²) in [5.74, 6) is 0.224. The van der Waals surface area contributed by atoms with Crippen LogP contribution in [-0.2, 0) is 0 Å². The van der Waals surface area contributed by atoms with Crippen LogP contribution in [0.15, 0.2) is 30.5 Å². The summed E-state index contributed by atoms with van der Waals surface area (Å²) in [6, 6.07) is 7.11. The highest BCUT2D eigenvalue weighted by atomic mass is 32.1. The van der Waals surface area contributed by atoms with Gasteiger partial charge in [0.2, 0.25) is 0 Å². The molecule has 2 rings (SSSR count). The van der Waals surface area contributed by atoms with Crippen molar-refractivity contribution in [3.8, 4) is 0 Å². The number of carbonyl (C=O) groups is 1. The van der Waals surface area contributed by atoms with Crippen LogP contribution < -0.4 is 11.1 Å². The van der Waals surface area contributed by atoms with Gasteiger partial charge in [0.25, 0.3) is 5.91 Å². The zero-order valence-corrected chi connectivity index (χ0v) is 9.54. The van der Waals surface area contributed by atoms with E-state index in [-0.39, 0.29) is 5.91 Å². The quantitative estimate of drug-likeness (QED) is 0.836. The number of nitrogen functional groups attached to an aromatic ring is 1. The molecule has 0 saturated heterocycles. The molecule has 2 aromatic rings. The summed E-state index contributed by atoms with van der Waals surface area (Å²) in [5.41, 5.74) is 6.14. The summed E-state index contributed by atoms with van der Waals surface area (Å²) in [6.45, 7) is 1.95. The van der Waals surface area contributed by atoms with E-state index in [4.69, 9.17) is 5.73 Å². The van der Waals surface area contributed by atoms with E-state index in [1.165, 1.54) is 11.3 Å². The summed E-state index contributed by atoms with van der Waals surface area (Å²) in [4.78, 5) is 17.5. The van der Waals surface area contributed by atoms with Crippen molar-refractivity contribution in [3.05, 3.63) is 40.2 Å². The second kappa shape index (κ2) is 4.32. The third-order valence-corrected chi connectivity index (χ3v) is 3.03. The van der Waals surface area contributed by atoms with Gasteiger partial charge in [-0.3, -0.25) is 4.79 Å². The molecule has 3 N–H and O–H groups in total. The average molecular weight is 233 g/mol. The zero-order valence-electron chi connectivity index (χ0n) is 8.73. The van der Waals surface area contributed by atoms with Gasteiger partial charge in [-0.25, -0.2) is 4.98 Å². The van der Waals surface area contributed by atoms with Crippen molar-refractivity contribution in [1.29, 1.82) is 0 Å². The van der Waals surface area contributed by atoms with Crippen molar-refractivity contribution in [3.63, 3.8) is 0 Å². The van der Waals surface area contributed by atoms with Crippen LogP contribution in [-0.4, -0.2) is 10.9 Å². The number of nitrogens with one attached hydrogen (secondary N) is 1. The molecule has 0 aliphatic rings. The van der Waals surface area contributed by atoms with Gasteiger partial charge in [0, 0.05) is 11.1 Å². The van der Waals surface area contributed by atoms with Crippen LogP contribution in [0.2, 0.25) is 0 Å². The molecule has 0 aliphatic carbocycles. The standard InChI is InChI=1S/C11H11N3OS/c1-7-4-5-9(16-7)11(15)14-10-8(12)3-2-6-13-10/h2-6H,12H2,1H3,(H,13,14,15). The lowest BCUT2D eigenvalue weighted by Gasteiger charge is -2.04. The predicted octanol–water partition coefficient (Wildman–Crippen LogP) is 2.29. The van der Waals surface area contributed by atoms with Crippen LogP contribution in [0.25, 0.3) is 0 Å². The monoisotopic (exact) mass is 233 g/mol. The number of aryl methyl sites for hydroxylation is 1. The molecule has 16 heavy (non-hydrogen) atoms. The third kappa shape index (κ3) is 2.20. The first-order valence-electron chi connectivity index (χ1n) is 4.75. The maximum atomic E-state index is 11.8. The molecular formula is C11H11N3OS. The van der Waals surface area contributed by atoms with Gasteiger partial charge in [-0.05, 0) is 31.2 Å². The number of nitrogens with zero attached hydrogens (tertiary/aromatic N) is 1. The van der Waals surface area contributed by atoms with Crippen molar-refractivity contribution >= 4 is 28.7 Å². The SMILES string of the molecule is Cc1ccc(C(=O)Nc2ncccc2N)s1. The normalized spacial score (nSPS) is 10.1. The van der Waals surface area contributed by atoms with Crippen LogP contribution in [0.4, 0.5) is 11.5 Å². The summed E-state index contributed by atoms with van der Waals surface area (Å²) < 4.78 is 0. The van der Waals surface area contributed by atoms with E-state index in [2.05, 4.69) is 10.3 Å². The zero-order chi connectivity index (χ0) is 11.5. The third-order valence-electron chi connectivity index (χ3n) is 2.04. The summed E-state index contributed by atoms with van der Waals surface area (Å²) in [7, 11) is 0. The first-order valence-corrected chi connectivity index (χ1v) is 5.57. The summed E-state index contributed by atoms with van der Waals surface area (Å²) in [5, 5.41) is 2.68. The summed E-state index contributed by atoms with van der Waals surface area (Å²) >= 11 is 1.44. The van der Waals surface area contributed by atoms with Crippen LogP contribution in [0, 0.1) is 6.92 Å². The first-order chi connectivity index (χ1) is 7.66. The fourth-order valence-electron chi connectivity index (χ4n) is 1.25. The number of carbonyl (C=O) groups excluding carboxylic acids is 1. The molecule has 0 atom stereocenters. The molecule has 0 spiro atoms. The second-order valence-electron chi connectivity index (χ2n) is 3.31. The molecule has 0 radical (unpaired) electrons. The molecule has 0 aliphatic heterocycles. The van der Waals surface area contributed by atoms with Gasteiger partial charge < -0.3 is 11.1 Å². The maximum Gasteiger partial charge on any atom is 0.266 e. The van der Waals surface area contributed by atoms with Crippen molar-refractivity contribution in [1.82, 2.24) is 4.98 Å². The highest BCUT2D eigenvalue weighted by Crippen LogP contribution is 2.18. The second-order valence-corrected chi connectivity index (χ2v) is 4.59. The molecule has 4 nitrogen and oxygen atoms in total. The largest absolute Gasteiger partial charge is 0.396 e. The Morgan fingerprint density at radius 1 is 1.44 bits per heavy atom. The molecule has 2 heterocycles. The maximum absolute atomic E-state index is 11.8. The molecule has 0 aromatic carbocycles. The Bertz CT molecular complexity index is 521. The van der Waals surface area contributed by atoms with Crippen molar-refractivity contribution in [2.75, 3.05) is 11.1 Å². The van der Waals surface area contributed by atoms with E-state index in [1.54, 1.807) is 24.4 Å². The fourth-order valence-corrected chi connectivity index (χ4v) is 2.01. The Labute approximate surface area is 97.1 Å². The average Bonchev–Trinajstić information content (AvgIpc) is 2.68.